The van der Waals surface area contributed by atoms with Crippen molar-refractivity contribution in [1.82, 2.24) is 0 Å². The molecule has 0 bridgehead atoms. The molecule has 3 nitrogen and oxygen atoms in total. The summed E-state index contributed by atoms with van der Waals surface area (Å²) >= 11 is 0. The van der Waals surface area contributed by atoms with E-state index in [1.165, 1.54) is 32.1 Å². The van der Waals surface area contributed by atoms with Crippen LogP contribution in [0.15, 0.2) is 0 Å². The standard InChI is InChI=1S/C22H38O3/c1-13(23)20-19(25-4)12-18-16-6-5-14-11-15(24)7-9-21(14,2)17(16)8-10-22(18,20)3/h13-20,23-24H,5-12H2,1-4H3/t13-,14-,15-,16+,17-,18-,19-,20-,21-,22-/m0/s1. The first kappa shape index (κ1) is 18.3. The van der Waals surface area contributed by atoms with E-state index in [4.69, 9.17) is 4.74 Å². The normalized spacial score (nSPS) is 56.6. The molecule has 0 heterocycles. The van der Waals surface area contributed by atoms with Gasteiger partial charge in [0.15, 0.2) is 0 Å². The fraction of sp³-hybridized carbons (Fsp3) is 1.00. The SMILES string of the molecule is CO[C@H]1C[C@H]2[C@@H]3CC[C@H]4C[C@@H](O)CC[C@]4(C)[C@H]3CC[C@]2(C)[C@H]1[C@H](C)O. The number of methoxy groups -OCH3 is 1. The van der Waals surface area contributed by atoms with E-state index in [1.54, 1.807) is 0 Å². The highest BCUT2D eigenvalue weighted by atomic mass is 16.5. The van der Waals surface area contributed by atoms with E-state index in [-0.39, 0.29) is 29.6 Å². The van der Waals surface area contributed by atoms with Crippen LogP contribution in [0.25, 0.3) is 0 Å². The van der Waals surface area contributed by atoms with E-state index < -0.39 is 0 Å². The summed E-state index contributed by atoms with van der Waals surface area (Å²) in [7, 11) is 1.83. The predicted molar refractivity (Wildman–Crippen MR) is 99.1 cm³/mol. The number of ether oxygens (including phenoxy) is 1. The maximum atomic E-state index is 10.5. The molecule has 4 aliphatic carbocycles. The molecule has 10 atom stereocenters. The topological polar surface area (TPSA) is 49.7 Å². The summed E-state index contributed by atoms with van der Waals surface area (Å²) in [4.78, 5) is 0. The van der Waals surface area contributed by atoms with Crippen molar-refractivity contribution in [2.45, 2.75) is 90.4 Å². The number of hydrogen-bond acceptors (Lipinski definition) is 3. The van der Waals surface area contributed by atoms with E-state index in [9.17, 15) is 10.2 Å². The fourth-order valence-corrected chi connectivity index (χ4v) is 8.37. The highest BCUT2D eigenvalue weighted by Crippen LogP contribution is 2.68. The molecule has 144 valence electrons. The van der Waals surface area contributed by atoms with Crippen molar-refractivity contribution in [1.29, 1.82) is 0 Å². The zero-order valence-corrected chi connectivity index (χ0v) is 16.6. The van der Waals surface area contributed by atoms with Gasteiger partial charge in [-0.1, -0.05) is 13.8 Å². The van der Waals surface area contributed by atoms with Crippen molar-refractivity contribution in [2.24, 2.45) is 40.4 Å². The molecular formula is C22H38O3. The lowest BCUT2D eigenvalue weighted by molar-refractivity contribution is -0.134. The van der Waals surface area contributed by atoms with E-state index in [0.29, 0.717) is 17.3 Å². The van der Waals surface area contributed by atoms with Crippen LogP contribution in [-0.4, -0.2) is 35.6 Å². The molecule has 0 aromatic carbocycles. The lowest BCUT2D eigenvalue weighted by Gasteiger charge is -2.61. The summed E-state index contributed by atoms with van der Waals surface area (Å²) in [5.74, 6) is 3.29. The summed E-state index contributed by atoms with van der Waals surface area (Å²) in [5.41, 5.74) is 0.655. The zero-order valence-electron chi connectivity index (χ0n) is 16.6. The molecule has 0 aliphatic heterocycles. The molecule has 25 heavy (non-hydrogen) atoms. The second-order valence-electron chi connectivity index (χ2n) is 10.4. The van der Waals surface area contributed by atoms with Crippen molar-refractivity contribution in [3.05, 3.63) is 0 Å². The number of aliphatic hydroxyl groups is 2. The number of rotatable bonds is 2. The molecular weight excluding hydrogens is 312 g/mol. The fourth-order valence-electron chi connectivity index (χ4n) is 8.37. The average Bonchev–Trinajstić information content (AvgIpc) is 2.88. The van der Waals surface area contributed by atoms with Crippen LogP contribution in [0.1, 0.15) is 72.1 Å². The van der Waals surface area contributed by atoms with E-state index in [1.807, 2.05) is 14.0 Å². The largest absolute Gasteiger partial charge is 0.393 e. The summed E-state index contributed by atoms with van der Waals surface area (Å²) < 4.78 is 5.87. The Balaban J connectivity index is 1.63. The summed E-state index contributed by atoms with van der Waals surface area (Å²) in [6.45, 7) is 6.96. The molecule has 4 saturated carbocycles. The Morgan fingerprint density at radius 3 is 2.36 bits per heavy atom. The molecule has 0 unspecified atom stereocenters. The van der Waals surface area contributed by atoms with Crippen LogP contribution >= 0.6 is 0 Å². The third kappa shape index (κ3) is 2.56. The van der Waals surface area contributed by atoms with Gasteiger partial charge in [-0.2, -0.15) is 0 Å². The quantitative estimate of drug-likeness (QED) is 0.791. The molecule has 0 aromatic rings. The van der Waals surface area contributed by atoms with Gasteiger partial charge in [0.25, 0.3) is 0 Å². The minimum Gasteiger partial charge on any atom is -0.393 e. The third-order valence-electron chi connectivity index (χ3n) is 9.55. The van der Waals surface area contributed by atoms with Crippen LogP contribution in [0.5, 0.6) is 0 Å². The first-order chi connectivity index (χ1) is 11.8. The Bertz CT molecular complexity index is 506. The summed E-state index contributed by atoms with van der Waals surface area (Å²) in [6, 6.07) is 0. The molecule has 4 fully saturated rings. The van der Waals surface area contributed by atoms with Crippen molar-refractivity contribution >= 4 is 0 Å². The van der Waals surface area contributed by atoms with Gasteiger partial charge < -0.3 is 14.9 Å². The van der Waals surface area contributed by atoms with Gasteiger partial charge in [0.05, 0.1) is 18.3 Å². The Morgan fingerprint density at radius 2 is 1.68 bits per heavy atom. The lowest BCUT2D eigenvalue weighted by Crippen LogP contribution is -2.54. The number of hydrogen-bond donors (Lipinski definition) is 2. The van der Waals surface area contributed by atoms with Crippen molar-refractivity contribution < 1.29 is 14.9 Å². The molecule has 4 rings (SSSR count). The third-order valence-corrected chi connectivity index (χ3v) is 9.55. The molecule has 0 radical (unpaired) electrons. The Kier molecular flexibility index (Phi) is 4.53. The minimum atomic E-state index is -0.284. The van der Waals surface area contributed by atoms with Crippen LogP contribution in [-0.2, 0) is 4.74 Å². The molecule has 2 N–H and O–H groups in total. The van der Waals surface area contributed by atoms with E-state index in [0.717, 1.165) is 31.1 Å². The van der Waals surface area contributed by atoms with Gasteiger partial charge in [0.1, 0.15) is 0 Å². The molecule has 0 spiro atoms. The smallest absolute Gasteiger partial charge is 0.0632 e. The monoisotopic (exact) mass is 350 g/mol. The van der Waals surface area contributed by atoms with Gasteiger partial charge in [-0.3, -0.25) is 0 Å². The maximum absolute atomic E-state index is 10.5. The summed E-state index contributed by atoms with van der Waals surface area (Å²) in [5, 5.41) is 20.7. The van der Waals surface area contributed by atoms with Crippen LogP contribution in [0, 0.1) is 40.4 Å². The molecule has 0 saturated heterocycles. The maximum Gasteiger partial charge on any atom is 0.0632 e. The second-order valence-corrected chi connectivity index (χ2v) is 10.4. The van der Waals surface area contributed by atoms with Crippen LogP contribution < -0.4 is 0 Å². The van der Waals surface area contributed by atoms with E-state index >= 15 is 0 Å². The Labute approximate surface area is 153 Å². The van der Waals surface area contributed by atoms with E-state index in [2.05, 4.69) is 13.8 Å². The van der Waals surface area contributed by atoms with Gasteiger partial charge in [-0.05, 0) is 92.8 Å². The first-order valence-electron chi connectivity index (χ1n) is 10.7. The van der Waals surface area contributed by atoms with Gasteiger partial charge in [0.2, 0.25) is 0 Å². The zero-order chi connectivity index (χ0) is 18.0. The lowest BCUT2D eigenvalue weighted by atomic mass is 9.44. The molecule has 0 aromatic heterocycles. The highest BCUT2D eigenvalue weighted by Gasteiger charge is 2.63. The van der Waals surface area contributed by atoms with Crippen LogP contribution in [0.3, 0.4) is 0 Å². The van der Waals surface area contributed by atoms with Gasteiger partial charge in [-0.25, -0.2) is 0 Å². The molecule has 3 heteroatoms. The molecule has 4 aliphatic rings. The number of fused-ring (bicyclic) bond motifs is 5. The van der Waals surface area contributed by atoms with Crippen molar-refractivity contribution in [2.75, 3.05) is 7.11 Å². The van der Waals surface area contributed by atoms with Gasteiger partial charge >= 0.3 is 0 Å². The number of aliphatic hydroxyl groups excluding tert-OH is 2. The minimum absolute atomic E-state index is 0.0625. The van der Waals surface area contributed by atoms with Crippen LogP contribution in [0.4, 0.5) is 0 Å². The Morgan fingerprint density at radius 1 is 0.960 bits per heavy atom. The average molecular weight is 351 g/mol. The van der Waals surface area contributed by atoms with Crippen molar-refractivity contribution in [3.8, 4) is 0 Å². The van der Waals surface area contributed by atoms with Gasteiger partial charge in [-0.15, -0.1) is 0 Å². The van der Waals surface area contributed by atoms with Crippen LogP contribution in [0.2, 0.25) is 0 Å². The summed E-state index contributed by atoms with van der Waals surface area (Å²) in [6.07, 6.45) is 9.38. The first-order valence-corrected chi connectivity index (χ1v) is 10.7. The van der Waals surface area contributed by atoms with Crippen molar-refractivity contribution in [3.63, 3.8) is 0 Å². The predicted octanol–water partition coefficient (Wildman–Crippen LogP) is 4.01. The second kappa shape index (κ2) is 6.21. The van der Waals surface area contributed by atoms with Gasteiger partial charge in [0, 0.05) is 13.0 Å². The molecule has 0 amide bonds. The Hall–Kier alpha value is -0.120. The highest BCUT2D eigenvalue weighted by molar-refractivity contribution is 5.12.